The van der Waals surface area contributed by atoms with E-state index in [9.17, 15) is 13.2 Å². The van der Waals surface area contributed by atoms with Crippen LogP contribution in [0.3, 0.4) is 0 Å². The van der Waals surface area contributed by atoms with Crippen LogP contribution >= 0.6 is 0 Å². The summed E-state index contributed by atoms with van der Waals surface area (Å²) in [6.45, 7) is 5.75. The summed E-state index contributed by atoms with van der Waals surface area (Å²) in [5.41, 5.74) is 1.73. The number of hydrogen-bond donors (Lipinski definition) is 2. The van der Waals surface area contributed by atoms with Crippen LogP contribution in [0.2, 0.25) is 0 Å². The molecule has 3 N–H and O–H groups in total. The van der Waals surface area contributed by atoms with Gasteiger partial charge >= 0.3 is 0 Å². The first-order chi connectivity index (χ1) is 10.2. The molecule has 1 aliphatic rings. The van der Waals surface area contributed by atoms with Crippen molar-refractivity contribution in [3.63, 3.8) is 0 Å². The second kappa shape index (κ2) is 6.36. The van der Waals surface area contributed by atoms with Gasteiger partial charge in [-0.1, -0.05) is 0 Å². The summed E-state index contributed by atoms with van der Waals surface area (Å²) in [6, 6.07) is 3.13. The topological polar surface area (TPSA) is 92.5 Å². The summed E-state index contributed by atoms with van der Waals surface area (Å²) >= 11 is 0. The van der Waals surface area contributed by atoms with Gasteiger partial charge in [0.1, 0.15) is 0 Å². The number of rotatable bonds is 4. The predicted octanol–water partition coefficient (Wildman–Crippen LogP) is 0.632. The Morgan fingerprint density at radius 3 is 2.68 bits per heavy atom. The number of carbonyl (C=O) groups is 1. The van der Waals surface area contributed by atoms with Gasteiger partial charge in [-0.3, -0.25) is 4.79 Å². The molecule has 1 aromatic rings. The lowest BCUT2D eigenvalue weighted by Crippen LogP contribution is -2.30. The molecule has 7 heteroatoms. The second-order valence-corrected chi connectivity index (χ2v) is 7.45. The first-order valence-corrected chi connectivity index (χ1v) is 8.86. The van der Waals surface area contributed by atoms with Crippen molar-refractivity contribution in [2.24, 2.45) is 11.1 Å². The summed E-state index contributed by atoms with van der Waals surface area (Å²) in [6.07, 6.45) is 0.958. The molecule has 1 unspecified atom stereocenters. The molecule has 0 aromatic heterocycles. The normalized spacial score (nSPS) is 18.7. The molecule has 1 aromatic carbocycles. The molecule has 1 saturated heterocycles. The Morgan fingerprint density at radius 2 is 2.09 bits per heavy atom. The van der Waals surface area contributed by atoms with E-state index >= 15 is 0 Å². The van der Waals surface area contributed by atoms with Crippen LogP contribution in [0.1, 0.15) is 27.9 Å². The molecule has 0 bridgehead atoms. The SMILES string of the molecule is CNCC1CCN(C(=O)c2cc(C)c(C)c(S(N)(=O)=O)c2)C1. The standard InChI is InChI=1S/C15H23N3O3S/c1-10-6-13(7-14(11(10)2)22(16,20)21)15(19)18-5-4-12(9-18)8-17-3/h6-7,12,17H,4-5,8-9H2,1-3H3,(H2,16,20,21). The fourth-order valence-electron chi connectivity index (χ4n) is 2.90. The largest absolute Gasteiger partial charge is 0.338 e. The smallest absolute Gasteiger partial charge is 0.253 e. The van der Waals surface area contributed by atoms with Gasteiger partial charge in [-0.25, -0.2) is 13.6 Å². The molecule has 2 rings (SSSR count). The van der Waals surface area contributed by atoms with E-state index in [-0.39, 0.29) is 10.8 Å². The molecular formula is C15H23N3O3S. The van der Waals surface area contributed by atoms with E-state index in [1.807, 2.05) is 7.05 Å². The third-order valence-corrected chi connectivity index (χ3v) is 5.28. The first kappa shape index (κ1) is 16.9. The van der Waals surface area contributed by atoms with Crippen LogP contribution < -0.4 is 10.5 Å². The summed E-state index contributed by atoms with van der Waals surface area (Å²) in [4.78, 5) is 14.4. The quantitative estimate of drug-likeness (QED) is 0.849. The molecule has 1 heterocycles. The molecule has 0 spiro atoms. The lowest BCUT2D eigenvalue weighted by Gasteiger charge is -2.18. The minimum absolute atomic E-state index is 0.0295. The van der Waals surface area contributed by atoms with Gasteiger partial charge in [0.2, 0.25) is 10.0 Å². The Kier molecular flexibility index (Phi) is 4.89. The highest BCUT2D eigenvalue weighted by Gasteiger charge is 2.27. The van der Waals surface area contributed by atoms with Gasteiger partial charge in [-0.05, 0) is 63.0 Å². The molecule has 1 aliphatic heterocycles. The average molecular weight is 325 g/mol. The van der Waals surface area contributed by atoms with Crippen molar-refractivity contribution in [1.29, 1.82) is 0 Å². The highest BCUT2D eigenvalue weighted by molar-refractivity contribution is 7.89. The number of nitrogens with one attached hydrogen (secondary N) is 1. The van der Waals surface area contributed by atoms with Gasteiger partial charge in [0.05, 0.1) is 4.90 Å². The number of primary sulfonamides is 1. The molecule has 0 saturated carbocycles. The minimum Gasteiger partial charge on any atom is -0.338 e. The zero-order chi connectivity index (χ0) is 16.5. The number of hydrogen-bond acceptors (Lipinski definition) is 4. The predicted molar refractivity (Wildman–Crippen MR) is 85.2 cm³/mol. The number of aryl methyl sites for hydroxylation is 1. The maximum atomic E-state index is 12.6. The average Bonchev–Trinajstić information content (AvgIpc) is 2.88. The number of amides is 1. The van der Waals surface area contributed by atoms with E-state index in [0.717, 1.165) is 18.5 Å². The highest BCUT2D eigenvalue weighted by atomic mass is 32.2. The molecule has 0 radical (unpaired) electrons. The molecule has 1 amide bonds. The summed E-state index contributed by atoms with van der Waals surface area (Å²) in [5, 5.41) is 8.37. The van der Waals surface area contributed by atoms with Crippen LogP contribution in [-0.2, 0) is 10.0 Å². The van der Waals surface area contributed by atoms with Gasteiger partial charge in [-0.2, -0.15) is 0 Å². The number of likely N-dealkylation sites (tertiary alicyclic amines) is 1. The number of sulfonamides is 1. The Labute approximate surface area is 131 Å². The van der Waals surface area contributed by atoms with Gasteiger partial charge in [0.15, 0.2) is 0 Å². The van der Waals surface area contributed by atoms with Crippen LogP contribution in [0.4, 0.5) is 0 Å². The number of benzene rings is 1. The second-order valence-electron chi connectivity index (χ2n) is 5.92. The third kappa shape index (κ3) is 3.48. The summed E-state index contributed by atoms with van der Waals surface area (Å²) < 4.78 is 23.4. The van der Waals surface area contributed by atoms with Gasteiger partial charge in [0.25, 0.3) is 5.91 Å². The van der Waals surface area contributed by atoms with E-state index in [0.29, 0.717) is 30.1 Å². The molecular weight excluding hydrogens is 302 g/mol. The van der Waals surface area contributed by atoms with Crippen LogP contribution in [0.15, 0.2) is 17.0 Å². The van der Waals surface area contributed by atoms with Crippen molar-refractivity contribution < 1.29 is 13.2 Å². The van der Waals surface area contributed by atoms with Gasteiger partial charge in [0, 0.05) is 18.7 Å². The van der Waals surface area contributed by atoms with E-state index in [1.54, 1.807) is 24.8 Å². The van der Waals surface area contributed by atoms with E-state index in [4.69, 9.17) is 5.14 Å². The lowest BCUT2D eigenvalue weighted by molar-refractivity contribution is 0.0787. The molecule has 1 atom stereocenters. The third-order valence-electron chi connectivity index (χ3n) is 4.24. The molecule has 22 heavy (non-hydrogen) atoms. The lowest BCUT2D eigenvalue weighted by atomic mass is 10.1. The Bertz CT molecular complexity index is 686. The van der Waals surface area contributed by atoms with Crippen molar-refractivity contribution in [3.8, 4) is 0 Å². The number of nitrogens with two attached hydrogens (primary N) is 1. The van der Waals surface area contributed by atoms with Crippen LogP contribution in [0.25, 0.3) is 0 Å². The zero-order valence-electron chi connectivity index (χ0n) is 13.2. The number of nitrogens with zero attached hydrogens (tertiary/aromatic N) is 1. The maximum Gasteiger partial charge on any atom is 0.253 e. The van der Waals surface area contributed by atoms with Crippen LogP contribution in [0.5, 0.6) is 0 Å². The summed E-state index contributed by atoms with van der Waals surface area (Å²) in [7, 11) is -1.94. The van der Waals surface area contributed by atoms with E-state index in [2.05, 4.69) is 5.32 Å². The van der Waals surface area contributed by atoms with E-state index in [1.165, 1.54) is 6.07 Å². The molecule has 122 valence electrons. The fraction of sp³-hybridized carbons (Fsp3) is 0.533. The Balaban J connectivity index is 2.30. The summed E-state index contributed by atoms with van der Waals surface area (Å²) in [5.74, 6) is 0.310. The van der Waals surface area contributed by atoms with Gasteiger partial charge in [-0.15, -0.1) is 0 Å². The van der Waals surface area contributed by atoms with Crippen molar-refractivity contribution in [2.45, 2.75) is 25.2 Å². The fourth-order valence-corrected chi connectivity index (χ4v) is 3.78. The molecule has 1 fully saturated rings. The number of carbonyl (C=O) groups excluding carboxylic acids is 1. The molecule has 6 nitrogen and oxygen atoms in total. The van der Waals surface area contributed by atoms with Crippen molar-refractivity contribution >= 4 is 15.9 Å². The minimum atomic E-state index is -3.84. The zero-order valence-corrected chi connectivity index (χ0v) is 14.0. The van der Waals surface area contributed by atoms with Crippen molar-refractivity contribution in [3.05, 3.63) is 28.8 Å². The first-order valence-electron chi connectivity index (χ1n) is 7.32. The van der Waals surface area contributed by atoms with Crippen LogP contribution in [0, 0.1) is 19.8 Å². The maximum absolute atomic E-state index is 12.6. The van der Waals surface area contributed by atoms with Crippen molar-refractivity contribution in [2.75, 3.05) is 26.7 Å². The molecule has 0 aliphatic carbocycles. The van der Waals surface area contributed by atoms with Gasteiger partial charge < -0.3 is 10.2 Å². The van der Waals surface area contributed by atoms with Crippen LogP contribution in [-0.4, -0.2) is 45.9 Å². The Morgan fingerprint density at radius 1 is 1.41 bits per heavy atom. The monoisotopic (exact) mass is 325 g/mol. The van der Waals surface area contributed by atoms with E-state index < -0.39 is 10.0 Å². The highest BCUT2D eigenvalue weighted by Crippen LogP contribution is 2.23. The van der Waals surface area contributed by atoms with Crippen molar-refractivity contribution in [1.82, 2.24) is 10.2 Å². The Hall–Kier alpha value is -1.44.